The van der Waals surface area contributed by atoms with Gasteiger partial charge < -0.3 is 10.6 Å². The van der Waals surface area contributed by atoms with Crippen molar-refractivity contribution < 1.29 is 4.79 Å². The molecule has 0 saturated heterocycles. The van der Waals surface area contributed by atoms with E-state index in [2.05, 4.69) is 60.4 Å². The first kappa shape index (κ1) is 20.5. The summed E-state index contributed by atoms with van der Waals surface area (Å²) in [6.45, 7) is 11.0. The van der Waals surface area contributed by atoms with Crippen molar-refractivity contribution in [2.45, 2.75) is 46.6 Å². The predicted octanol–water partition coefficient (Wildman–Crippen LogP) is 5.26. The number of aryl methyl sites for hydroxylation is 2. The van der Waals surface area contributed by atoms with E-state index in [4.69, 9.17) is 0 Å². The molecular weight excluding hydrogens is 360 g/mol. The molecule has 0 saturated carbocycles. The van der Waals surface area contributed by atoms with Crippen LogP contribution >= 0.6 is 0 Å². The van der Waals surface area contributed by atoms with E-state index in [9.17, 15) is 4.79 Å². The Bertz CT molecular complexity index is 1000. The highest BCUT2D eigenvalue weighted by Gasteiger charge is 2.14. The predicted molar refractivity (Wildman–Crippen MR) is 118 cm³/mol. The summed E-state index contributed by atoms with van der Waals surface area (Å²) in [5, 5.41) is 6.14. The number of hydrogen-bond donors (Lipinski definition) is 2. The molecule has 1 aromatic heterocycles. The van der Waals surface area contributed by atoms with Crippen LogP contribution in [0.3, 0.4) is 0 Å². The Morgan fingerprint density at radius 2 is 1.66 bits per heavy atom. The van der Waals surface area contributed by atoms with Gasteiger partial charge in [-0.2, -0.15) is 0 Å². The van der Waals surface area contributed by atoms with Crippen molar-refractivity contribution in [2.24, 2.45) is 0 Å². The van der Waals surface area contributed by atoms with Gasteiger partial charge in [-0.1, -0.05) is 57.2 Å². The topological polar surface area (TPSA) is 66.9 Å². The molecule has 150 valence electrons. The summed E-state index contributed by atoms with van der Waals surface area (Å²) in [5.74, 6) is 0.194. The van der Waals surface area contributed by atoms with Crippen LogP contribution in [0.4, 0.5) is 11.6 Å². The van der Waals surface area contributed by atoms with Gasteiger partial charge in [0.25, 0.3) is 5.91 Å². The lowest BCUT2D eigenvalue weighted by molar-refractivity contribution is 0.102. The van der Waals surface area contributed by atoms with Crippen molar-refractivity contribution in [2.75, 3.05) is 10.6 Å². The number of carbonyl (C=O) groups is 1. The summed E-state index contributed by atoms with van der Waals surface area (Å²) < 4.78 is 0. The Hall–Kier alpha value is -3.21. The first-order chi connectivity index (χ1) is 13.7. The fourth-order valence-corrected chi connectivity index (χ4v) is 3.00. The van der Waals surface area contributed by atoms with Crippen molar-refractivity contribution in [3.05, 3.63) is 82.7 Å². The first-order valence-electron chi connectivity index (χ1n) is 9.78. The number of amides is 1. The summed E-state index contributed by atoms with van der Waals surface area (Å²) in [6, 6.07) is 17.8. The second-order valence-electron chi connectivity index (χ2n) is 8.28. The van der Waals surface area contributed by atoms with Crippen molar-refractivity contribution in [3.8, 4) is 0 Å². The molecule has 3 rings (SSSR count). The lowest BCUT2D eigenvalue weighted by Gasteiger charge is -2.19. The minimum atomic E-state index is -0.252. The number of hydrogen-bond acceptors (Lipinski definition) is 4. The third-order valence-corrected chi connectivity index (χ3v) is 4.79. The Morgan fingerprint density at radius 1 is 0.966 bits per heavy atom. The summed E-state index contributed by atoms with van der Waals surface area (Å²) in [6.07, 6.45) is 0. The fraction of sp³-hybridized carbons (Fsp3) is 0.292. The van der Waals surface area contributed by atoms with Crippen LogP contribution < -0.4 is 10.6 Å². The number of aromatic nitrogens is 2. The van der Waals surface area contributed by atoms with Crippen LogP contribution in [-0.2, 0) is 12.0 Å². The molecule has 0 aliphatic heterocycles. The van der Waals surface area contributed by atoms with E-state index < -0.39 is 0 Å². The molecule has 0 spiro atoms. The van der Waals surface area contributed by atoms with E-state index in [1.807, 2.05) is 43.3 Å². The molecule has 2 aromatic carbocycles. The Morgan fingerprint density at radius 3 is 2.31 bits per heavy atom. The van der Waals surface area contributed by atoms with Crippen molar-refractivity contribution >= 4 is 17.5 Å². The van der Waals surface area contributed by atoms with Crippen LogP contribution in [0.2, 0.25) is 0 Å². The highest BCUT2D eigenvalue weighted by molar-refractivity contribution is 6.03. The molecule has 5 heteroatoms. The van der Waals surface area contributed by atoms with Gasteiger partial charge in [0, 0.05) is 17.9 Å². The second-order valence-corrected chi connectivity index (χ2v) is 8.28. The first-order valence-corrected chi connectivity index (χ1v) is 9.78. The van der Waals surface area contributed by atoms with Crippen LogP contribution in [0.15, 0.2) is 54.6 Å². The van der Waals surface area contributed by atoms with Crippen LogP contribution in [0.25, 0.3) is 0 Å². The largest absolute Gasteiger partial charge is 0.350 e. The normalized spacial score (nSPS) is 11.2. The van der Waals surface area contributed by atoms with Gasteiger partial charge in [-0.3, -0.25) is 4.79 Å². The van der Waals surface area contributed by atoms with Crippen molar-refractivity contribution in [3.63, 3.8) is 0 Å². The molecule has 5 nitrogen and oxygen atoms in total. The van der Waals surface area contributed by atoms with E-state index >= 15 is 0 Å². The molecular formula is C24H28N4O. The average molecular weight is 389 g/mol. The molecule has 0 aliphatic rings. The maximum absolute atomic E-state index is 12.7. The molecule has 0 radical (unpaired) electrons. The Balaban J connectivity index is 1.71. The van der Waals surface area contributed by atoms with Crippen LogP contribution in [0.1, 0.15) is 53.6 Å². The zero-order chi connectivity index (χ0) is 21.0. The minimum absolute atomic E-state index is 0.0734. The van der Waals surface area contributed by atoms with Gasteiger partial charge in [0.05, 0.1) is 0 Å². The Kier molecular flexibility index (Phi) is 5.97. The van der Waals surface area contributed by atoms with Gasteiger partial charge in [-0.25, -0.2) is 9.97 Å². The summed E-state index contributed by atoms with van der Waals surface area (Å²) in [4.78, 5) is 21.5. The van der Waals surface area contributed by atoms with Crippen LogP contribution in [-0.4, -0.2) is 15.9 Å². The number of benzene rings is 2. The molecule has 29 heavy (non-hydrogen) atoms. The second kappa shape index (κ2) is 8.43. The quantitative estimate of drug-likeness (QED) is 0.626. The maximum Gasteiger partial charge on any atom is 0.274 e. The fourth-order valence-electron chi connectivity index (χ4n) is 3.00. The number of nitrogens with zero attached hydrogens (tertiary/aromatic N) is 2. The average Bonchev–Trinajstić information content (AvgIpc) is 2.66. The summed E-state index contributed by atoms with van der Waals surface area (Å²) >= 11 is 0. The van der Waals surface area contributed by atoms with E-state index in [0.29, 0.717) is 18.2 Å². The van der Waals surface area contributed by atoms with Gasteiger partial charge in [0.1, 0.15) is 5.69 Å². The van der Waals surface area contributed by atoms with E-state index in [1.165, 1.54) is 16.7 Å². The zero-order valence-electron chi connectivity index (χ0n) is 17.7. The van der Waals surface area contributed by atoms with Gasteiger partial charge in [0.2, 0.25) is 5.95 Å². The molecule has 0 atom stereocenters. The van der Waals surface area contributed by atoms with Crippen molar-refractivity contribution in [1.82, 2.24) is 9.97 Å². The molecule has 1 heterocycles. The highest BCUT2D eigenvalue weighted by atomic mass is 16.1. The van der Waals surface area contributed by atoms with Gasteiger partial charge in [-0.05, 0) is 54.2 Å². The third kappa shape index (κ3) is 5.41. The molecule has 0 aliphatic carbocycles. The lowest BCUT2D eigenvalue weighted by Crippen LogP contribution is -2.16. The highest BCUT2D eigenvalue weighted by Crippen LogP contribution is 2.23. The number of nitrogens with one attached hydrogen (secondary N) is 2. The molecule has 0 unspecified atom stereocenters. The van der Waals surface area contributed by atoms with Gasteiger partial charge in [0.15, 0.2) is 0 Å². The molecule has 2 N–H and O–H groups in total. The molecule has 0 fully saturated rings. The standard InChI is InChI=1S/C24H28N4O/c1-16-8-6-7-9-18(16)15-25-23-26-17(2)14-21(28-23)22(29)27-20-12-10-19(11-13-20)24(3,4)5/h6-14H,15H2,1-5H3,(H,27,29)(H,25,26,28). The molecule has 0 bridgehead atoms. The number of rotatable bonds is 5. The van der Waals surface area contributed by atoms with Crippen LogP contribution in [0, 0.1) is 13.8 Å². The van der Waals surface area contributed by atoms with E-state index in [0.717, 1.165) is 11.4 Å². The Labute approximate surface area is 172 Å². The molecule has 1 amide bonds. The van der Waals surface area contributed by atoms with E-state index in [-0.39, 0.29) is 11.3 Å². The smallest absolute Gasteiger partial charge is 0.274 e. The van der Waals surface area contributed by atoms with Gasteiger partial charge in [-0.15, -0.1) is 0 Å². The molecule has 3 aromatic rings. The SMILES string of the molecule is Cc1cc(C(=O)Nc2ccc(C(C)(C)C)cc2)nc(NCc2ccccc2C)n1. The third-order valence-electron chi connectivity index (χ3n) is 4.79. The summed E-state index contributed by atoms with van der Waals surface area (Å²) in [7, 11) is 0. The maximum atomic E-state index is 12.7. The zero-order valence-corrected chi connectivity index (χ0v) is 17.7. The van der Waals surface area contributed by atoms with E-state index in [1.54, 1.807) is 6.07 Å². The lowest BCUT2D eigenvalue weighted by atomic mass is 9.87. The number of anilines is 2. The monoisotopic (exact) mass is 388 g/mol. The van der Waals surface area contributed by atoms with Gasteiger partial charge >= 0.3 is 0 Å². The van der Waals surface area contributed by atoms with Crippen molar-refractivity contribution in [1.29, 1.82) is 0 Å². The van der Waals surface area contributed by atoms with Crippen LogP contribution in [0.5, 0.6) is 0 Å². The number of carbonyl (C=O) groups excluding carboxylic acids is 1. The minimum Gasteiger partial charge on any atom is -0.350 e. The summed E-state index contributed by atoms with van der Waals surface area (Å²) in [5.41, 5.74) is 5.48.